The van der Waals surface area contributed by atoms with E-state index >= 15 is 0 Å². The van der Waals surface area contributed by atoms with E-state index in [1.165, 1.54) is 13.4 Å². The lowest BCUT2D eigenvalue weighted by molar-refractivity contribution is -0.120. The van der Waals surface area contributed by atoms with Crippen molar-refractivity contribution in [3.63, 3.8) is 0 Å². The maximum Gasteiger partial charge on any atom is 0.230 e. The van der Waals surface area contributed by atoms with Crippen LogP contribution in [0, 0.1) is 0 Å². The minimum absolute atomic E-state index is 0.165. The Morgan fingerprint density at radius 2 is 2.10 bits per heavy atom. The fourth-order valence-electron chi connectivity index (χ4n) is 2.27. The van der Waals surface area contributed by atoms with Crippen LogP contribution >= 0.6 is 0 Å². The fourth-order valence-corrected chi connectivity index (χ4v) is 2.27. The Bertz CT molecular complexity index is 616. The Hall–Kier alpha value is -2.31. The van der Waals surface area contributed by atoms with Gasteiger partial charge in [0.2, 0.25) is 17.6 Å². The summed E-state index contributed by atoms with van der Waals surface area (Å²) < 4.78 is 10.3. The summed E-state index contributed by atoms with van der Waals surface area (Å²) in [7, 11) is 1.53. The molecule has 1 aliphatic rings. The van der Waals surface area contributed by atoms with Gasteiger partial charge in [-0.2, -0.15) is 4.98 Å². The number of ketones is 1. The molecule has 0 amide bonds. The van der Waals surface area contributed by atoms with Crippen LogP contribution < -0.4 is 4.74 Å². The molecule has 0 radical (unpaired) electrons. The zero-order valence-electron chi connectivity index (χ0n) is 11.1. The molecule has 1 aliphatic carbocycles. The minimum Gasteiger partial charge on any atom is -0.481 e. The molecule has 0 aliphatic heterocycles. The number of Topliss-reactive ketones (excluding diaryl/α,β-unsaturated/α-hetero) is 1. The van der Waals surface area contributed by atoms with E-state index in [1.807, 2.05) is 0 Å². The number of hydrogen-bond donors (Lipinski definition) is 0. The molecule has 2 heterocycles. The number of carbonyl (C=O) groups excluding carboxylic acids is 1. The predicted molar refractivity (Wildman–Crippen MR) is 68.1 cm³/mol. The van der Waals surface area contributed by atoms with Gasteiger partial charge in [0.15, 0.2) is 0 Å². The predicted octanol–water partition coefficient (Wildman–Crippen LogP) is 1.76. The third-order valence-corrected chi connectivity index (χ3v) is 3.41. The highest BCUT2D eigenvalue weighted by molar-refractivity contribution is 5.79. The van der Waals surface area contributed by atoms with E-state index in [2.05, 4.69) is 20.1 Å². The molecule has 0 N–H and O–H groups in total. The number of ether oxygens (including phenoxy) is 1. The lowest BCUT2D eigenvalue weighted by Gasteiger charge is -2.16. The van der Waals surface area contributed by atoms with E-state index in [1.54, 1.807) is 6.07 Å². The van der Waals surface area contributed by atoms with Gasteiger partial charge >= 0.3 is 0 Å². The van der Waals surface area contributed by atoms with Crippen molar-refractivity contribution in [2.75, 3.05) is 7.11 Å². The molecule has 0 spiro atoms. The van der Waals surface area contributed by atoms with Gasteiger partial charge in [0.25, 0.3) is 0 Å². The van der Waals surface area contributed by atoms with Gasteiger partial charge in [0.1, 0.15) is 17.8 Å². The average Bonchev–Trinajstić information content (AvgIpc) is 2.98. The van der Waals surface area contributed by atoms with E-state index in [0.29, 0.717) is 41.9 Å². The highest BCUT2D eigenvalue weighted by Gasteiger charge is 2.25. The van der Waals surface area contributed by atoms with Crippen molar-refractivity contribution in [2.45, 2.75) is 31.6 Å². The minimum atomic E-state index is 0.165. The molecule has 2 aromatic rings. The third kappa shape index (κ3) is 2.52. The second-order valence-corrected chi connectivity index (χ2v) is 4.71. The zero-order valence-corrected chi connectivity index (χ0v) is 11.1. The van der Waals surface area contributed by atoms with Crippen LogP contribution in [0.2, 0.25) is 0 Å². The number of nitrogens with zero attached hydrogens (tertiary/aromatic N) is 4. The smallest absolute Gasteiger partial charge is 0.230 e. The molecule has 0 atom stereocenters. The van der Waals surface area contributed by atoms with Crippen LogP contribution in [0.4, 0.5) is 0 Å². The standard InChI is InChI=1S/C13H14N4O3/c1-19-11-6-10(14-7-15-11)12-16-13(20-17-12)8-2-4-9(18)5-3-8/h6-8H,2-5H2,1H3. The molecular weight excluding hydrogens is 260 g/mol. The average molecular weight is 274 g/mol. The van der Waals surface area contributed by atoms with Crippen molar-refractivity contribution < 1.29 is 14.1 Å². The van der Waals surface area contributed by atoms with E-state index in [-0.39, 0.29) is 5.92 Å². The Morgan fingerprint density at radius 1 is 1.30 bits per heavy atom. The highest BCUT2D eigenvalue weighted by Crippen LogP contribution is 2.31. The largest absolute Gasteiger partial charge is 0.481 e. The van der Waals surface area contributed by atoms with Crippen LogP contribution in [-0.4, -0.2) is 33.0 Å². The molecule has 0 aromatic carbocycles. The van der Waals surface area contributed by atoms with Crippen LogP contribution in [0.5, 0.6) is 5.88 Å². The molecule has 1 saturated carbocycles. The molecule has 7 nitrogen and oxygen atoms in total. The molecule has 0 unspecified atom stereocenters. The van der Waals surface area contributed by atoms with Gasteiger partial charge in [-0.3, -0.25) is 4.79 Å². The summed E-state index contributed by atoms with van der Waals surface area (Å²) in [4.78, 5) is 23.6. The van der Waals surface area contributed by atoms with Gasteiger partial charge in [-0.15, -0.1) is 0 Å². The molecule has 104 valence electrons. The van der Waals surface area contributed by atoms with Crippen molar-refractivity contribution in [1.29, 1.82) is 0 Å². The van der Waals surface area contributed by atoms with Crippen molar-refractivity contribution in [1.82, 2.24) is 20.1 Å². The number of hydrogen-bond acceptors (Lipinski definition) is 7. The maximum absolute atomic E-state index is 11.2. The summed E-state index contributed by atoms with van der Waals surface area (Å²) in [6.45, 7) is 0. The zero-order chi connectivity index (χ0) is 13.9. The van der Waals surface area contributed by atoms with Crippen molar-refractivity contribution >= 4 is 5.78 Å². The SMILES string of the molecule is COc1cc(-c2noc(C3CCC(=O)CC3)n2)ncn1. The molecule has 0 bridgehead atoms. The lowest BCUT2D eigenvalue weighted by atomic mass is 9.88. The van der Waals surface area contributed by atoms with Gasteiger partial charge in [0.05, 0.1) is 7.11 Å². The van der Waals surface area contributed by atoms with Crippen LogP contribution in [0.15, 0.2) is 16.9 Å². The molecule has 1 fully saturated rings. The van der Waals surface area contributed by atoms with Gasteiger partial charge in [0, 0.05) is 24.8 Å². The molecule has 7 heteroatoms. The molecule has 2 aromatic heterocycles. The topological polar surface area (TPSA) is 91.0 Å². The fraction of sp³-hybridized carbons (Fsp3) is 0.462. The van der Waals surface area contributed by atoms with E-state index < -0.39 is 0 Å². The monoisotopic (exact) mass is 274 g/mol. The van der Waals surface area contributed by atoms with Crippen LogP contribution in [0.1, 0.15) is 37.5 Å². The van der Waals surface area contributed by atoms with Crippen molar-refractivity contribution in [3.05, 3.63) is 18.3 Å². The van der Waals surface area contributed by atoms with Gasteiger partial charge in [-0.25, -0.2) is 9.97 Å². The summed E-state index contributed by atoms with van der Waals surface area (Å²) in [6.07, 6.45) is 4.11. The number of rotatable bonds is 3. The van der Waals surface area contributed by atoms with E-state index in [9.17, 15) is 4.79 Å². The summed E-state index contributed by atoms with van der Waals surface area (Å²) in [5, 5.41) is 3.94. The number of methoxy groups -OCH3 is 1. The second kappa shape index (κ2) is 5.36. The molecule has 0 saturated heterocycles. The first-order chi connectivity index (χ1) is 9.76. The first kappa shape index (κ1) is 12.7. The Balaban J connectivity index is 1.80. The third-order valence-electron chi connectivity index (χ3n) is 3.41. The normalized spacial score (nSPS) is 16.4. The van der Waals surface area contributed by atoms with E-state index in [4.69, 9.17) is 9.26 Å². The van der Waals surface area contributed by atoms with Gasteiger partial charge in [-0.1, -0.05) is 5.16 Å². The van der Waals surface area contributed by atoms with Crippen LogP contribution in [-0.2, 0) is 4.79 Å². The first-order valence-electron chi connectivity index (χ1n) is 6.48. The summed E-state index contributed by atoms with van der Waals surface area (Å²) >= 11 is 0. The van der Waals surface area contributed by atoms with Crippen LogP contribution in [0.25, 0.3) is 11.5 Å². The Morgan fingerprint density at radius 3 is 2.85 bits per heavy atom. The number of carbonyl (C=O) groups is 1. The molecular formula is C13H14N4O3. The molecule has 3 rings (SSSR count). The summed E-state index contributed by atoms with van der Waals surface area (Å²) in [6, 6.07) is 1.65. The first-order valence-corrected chi connectivity index (χ1v) is 6.48. The number of aromatic nitrogens is 4. The molecule has 20 heavy (non-hydrogen) atoms. The Kier molecular flexibility index (Phi) is 3.41. The quantitative estimate of drug-likeness (QED) is 0.842. The van der Waals surface area contributed by atoms with Crippen molar-refractivity contribution in [3.8, 4) is 17.4 Å². The maximum atomic E-state index is 11.2. The Labute approximate surface area is 115 Å². The van der Waals surface area contributed by atoms with Crippen LogP contribution in [0.3, 0.4) is 0 Å². The van der Waals surface area contributed by atoms with Gasteiger partial charge in [-0.05, 0) is 12.8 Å². The van der Waals surface area contributed by atoms with Crippen molar-refractivity contribution in [2.24, 2.45) is 0 Å². The lowest BCUT2D eigenvalue weighted by Crippen LogP contribution is -2.12. The van der Waals surface area contributed by atoms with Gasteiger partial charge < -0.3 is 9.26 Å². The second-order valence-electron chi connectivity index (χ2n) is 4.71. The summed E-state index contributed by atoms with van der Waals surface area (Å²) in [5.41, 5.74) is 0.554. The summed E-state index contributed by atoms with van der Waals surface area (Å²) in [5.74, 6) is 1.91. The van der Waals surface area contributed by atoms with E-state index in [0.717, 1.165) is 12.8 Å². The highest BCUT2D eigenvalue weighted by atomic mass is 16.5.